The Morgan fingerprint density at radius 2 is 1.96 bits per heavy atom. The fourth-order valence-corrected chi connectivity index (χ4v) is 2.43. The van der Waals surface area contributed by atoms with Crippen molar-refractivity contribution in [3.63, 3.8) is 0 Å². The number of hydrogen-bond donors (Lipinski definition) is 1. The van der Waals surface area contributed by atoms with Gasteiger partial charge < -0.3 is 19.2 Å². The van der Waals surface area contributed by atoms with E-state index < -0.39 is 23.0 Å². The SMILES string of the molecule is COC(=O)CCN(C(=O)c1cc2ccccc2oc1=O)C(C)(C)CO. The minimum absolute atomic E-state index is 0.00529. The Morgan fingerprint density at radius 1 is 1.28 bits per heavy atom. The van der Waals surface area contributed by atoms with Crippen molar-refractivity contribution in [2.75, 3.05) is 20.3 Å². The highest BCUT2D eigenvalue weighted by molar-refractivity contribution is 5.97. The van der Waals surface area contributed by atoms with Gasteiger partial charge in [-0.3, -0.25) is 9.59 Å². The van der Waals surface area contributed by atoms with Gasteiger partial charge >= 0.3 is 11.6 Å². The quantitative estimate of drug-likeness (QED) is 0.629. The number of aliphatic hydroxyl groups is 1. The molecule has 0 saturated carbocycles. The molecule has 1 aromatic heterocycles. The molecule has 1 heterocycles. The van der Waals surface area contributed by atoms with Crippen molar-refractivity contribution in [3.05, 3.63) is 46.3 Å². The van der Waals surface area contributed by atoms with Crippen LogP contribution in [-0.2, 0) is 9.53 Å². The molecule has 0 fully saturated rings. The van der Waals surface area contributed by atoms with E-state index in [-0.39, 0.29) is 25.1 Å². The average Bonchev–Trinajstić information content (AvgIpc) is 2.60. The second-order valence-electron chi connectivity index (χ2n) is 6.24. The number of nitrogens with zero attached hydrogens (tertiary/aromatic N) is 1. The van der Waals surface area contributed by atoms with Crippen molar-refractivity contribution in [1.29, 1.82) is 0 Å². The lowest BCUT2D eigenvalue weighted by Crippen LogP contribution is -2.51. The van der Waals surface area contributed by atoms with E-state index in [2.05, 4.69) is 4.74 Å². The summed E-state index contributed by atoms with van der Waals surface area (Å²) in [5.41, 5.74) is -1.50. The zero-order chi connectivity index (χ0) is 18.6. The third-order valence-corrected chi connectivity index (χ3v) is 4.00. The maximum atomic E-state index is 12.9. The molecule has 1 amide bonds. The van der Waals surface area contributed by atoms with Gasteiger partial charge in [-0.1, -0.05) is 18.2 Å². The lowest BCUT2D eigenvalue weighted by molar-refractivity contribution is -0.141. The maximum Gasteiger partial charge on any atom is 0.349 e. The number of aliphatic hydroxyl groups excluding tert-OH is 1. The first-order chi connectivity index (χ1) is 11.8. The van der Waals surface area contributed by atoms with Gasteiger partial charge in [0.2, 0.25) is 0 Å². The first-order valence-electron chi connectivity index (χ1n) is 7.82. The molecule has 0 bridgehead atoms. The van der Waals surface area contributed by atoms with E-state index in [0.717, 1.165) is 0 Å². The summed E-state index contributed by atoms with van der Waals surface area (Å²) in [5, 5.41) is 10.2. The first-order valence-corrected chi connectivity index (χ1v) is 7.82. The van der Waals surface area contributed by atoms with Crippen molar-refractivity contribution in [3.8, 4) is 0 Å². The lowest BCUT2D eigenvalue weighted by atomic mass is 10.0. The monoisotopic (exact) mass is 347 g/mol. The van der Waals surface area contributed by atoms with Crippen LogP contribution in [0.1, 0.15) is 30.6 Å². The highest BCUT2D eigenvalue weighted by Gasteiger charge is 2.33. The summed E-state index contributed by atoms with van der Waals surface area (Å²) in [6.45, 7) is 2.96. The van der Waals surface area contributed by atoms with E-state index >= 15 is 0 Å². The summed E-state index contributed by atoms with van der Waals surface area (Å²) in [6, 6.07) is 8.32. The van der Waals surface area contributed by atoms with Gasteiger partial charge in [-0.25, -0.2) is 4.79 Å². The highest BCUT2D eigenvalue weighted by atomic mass is 16.5. The normalized spacial score (nSPS) is 11.4. The Kier molecular flexibility index (Phi) is 5.58. The third kappa shape index (κ3) is 4.06. The minimum Gasteiger partial charge on any atom is -0.469 e. The van der Waals surface area contributed by atoms with Crippen LogP contribution in [-0.4, -0.2) is 47.7 Å². The number of carbonyl (C=O) groups is 2. The number of methoxy groups -OCH3 is 1. The van der Waals surface area contributed by atoms with Gasteiger partial charge in [0.15, 0.2) is 0 Å². The Labute approximate surface area is 144 Å². The van der Waals surface area contributed by atoms with E-state index in [0.29, 0.717) is 11.0 Å². The molecule has 0 atom stereocenters. The van der Waals surface area contributed by atoms with E-state index in [4.69, 9.17) is 4.42 Å². The van der Waals surface area contributed by atoms with Crippen LogP contribution in [0.3, 0.4) is 0 Å². The van der Waals surface area contributed by atoms with Crippen LogP contribution in [0.5, 0.6) is 0 Å². The second-order valence-corrected chi connectivity index (χ2v) is 6.24. The van der Waals surface area contributed by atoms with Gasteiger partial charge in [0, 0.05) is 11.9 Å². The number of ether oxygens (including phenoxy) is 1. The molecule has 0 aliphatic carbocycles. The summed E-state index contributed by atoms with van der Waals surface area (Å²) in [4.78, 5) is 37.9. The summed E-state index contributed by atoms with van der Waals surface area (Å²) in [6.07, 6.45) is -0.0510. The molecule has 0 aliphatic heterocycles. The van der Waals surface area contributed by atoms with Gasteiger partial charge in [-0.2, -0.15) is 0 Å². The number of esters is 1. The number of benzene rings is 1. The van der Waals surface area contributed by atoms with Crippen molar-refractivity contribution in [2.45, 2.75) is 25.8 Å². The van der Waals surface area contributed by atoms with E-state index in [1.54, 1.807) is 38.1 Å². The van der Waals surface area contributed by atoms with Crippen LogP contribution in [0.2, 0.25) is 0 Å². The Morgan fingerprint density at radius 3 is 2.60 bits per heavy atom. The van der Waals surface area contributed by atoms with Crippen LogP contribution < -0.4 is 5.63 Å². The molecule has 7 heteroatoms. The van der Waals surface area contributed by atoms with Crippen LogP contribution >= 0.6 is 0 Å². The number of amides is 1. The molecule has 134 valence electrons. The molecule has 2 aromatic rings. The maximum absolute atomic E-state index is 12.9. The van der Waals surface area contributed by atoms with Gasteiger partial charge in [0.05, 0.1) is 25.7 Å². The molecule has 1 N–H and O–H groups in total. The minimum atomic E-state index is -0.969. The highest BCUT2D eigenvalue weighted by Crippen LogP contribution is 2.19. The van der Waals surface area contributed by atoms with E-state index in [1.807, 2.05) is 0 Å². The zero-order valence-electron chi connectivity index (χ0n) is 14.4. The number of para-hydroxylation sites is 1. The summed E-state index contributed by atoms with van der Waals surface area (Å²) >= 11 is 0. The number of rotatable bonds is 6. The van der Waals surface area contributed by atoms with Crippen LogP contribution in [0, 0.1) is 0 Å². The zero-order valence-corrected chi connectivity index (χ0v) is 14.4. The van der Waals surface area contributed by atoms with Crippen molar-refractivity contribution in [1.82, 2.24) is 4.90 Å². The topological polar surface area (TPSA) is 97.0 Å². The van der Waals surface area contributed by atoms with Crippen LogP contribution in [0.25, 0.3) is 11.0 Å². The smallest absolute Gasteiger partial charge is 0.349 e. The Balaban J connectivity index is 2.43. The fourth-order valence-electron chi connectivity index (χ4n) is 2.43. The molecule has 2 rings (SSSR count). The molecule has 0 unspecified atom stereocenters. The molecule has 1 aromatic carbocycles. The number of carbonyl (C=O) groups excluding carboxylic acids is 2. The molecule has 0 spiro atoms. The molecule has 7 nitrogen and oxygen atoms in total. The average molecular weight is 347 g/mol. The predicted octanol–water partition coefficient (Wildman–Crippen LogP) is 1.57. The number of hydrogen-bond acceptors (Lipinski definition) is 6. The fraction of sp³-hybridized carbons (Fsp3) is 0.389. The Bertz CT molecular complexity index is 839. The summed E-state index contributed by atoms with van der Waals surface area (Å²) < 4.78 is 9.79. The third-order valence-electron chi connectivity index (χ3n) is 4.00. The van der Waals surface area contributed by atoms with E-state index in [1.165, 1.54) is 18.1 Å². The number of fused-ring (bicyclic) bond motifs is 1. The van der Waals surface area contributed by atoms with Gasteiger partial charge in [0.1, 0.15) is 11.1 Å². The standard InChI is InChI=1S/C18H21NO6/c1-18(2,11-20)19(9-8-15(21)24-3)16(22)13-10-12-6-4-5-7-14(12)25-17(13)23/h4-7,10,20H,8-9,11H2,1-3H3. The molecular formula is C18H21NO6. The molecule has 0 saturated heterocycles. The summed E-state index contributed by atoms with van der Waals surface area (Å²) in [5.74, 6) is -1.10. The molecule has 0 radical (unpaired) electrons. The molecule has 0 aliphatic rings. The van der Waals surface area contributed by atoms with Gasteiger partial charge in [-0.05, 0) is 26.0 Å². The van der Waals surface area contributed by atoms with Crippen LogP contribution in [0.15, 0.2) is 39.5 Å². The predicted molar refractivity (Wildman–Crippen MR) is 91.3 cm³/mol. The van der Waals surface area contributed by atoms with E-state index in [9.17, 15) is 19.5 Å². The van der Waals surface area contributed by atoms with Gasteiger partial charge in [0.25, 0.3) is 5.91 Å². The largest absolute Gasteiger partial charge is 0.469 e. The molecule has 25 heavy (non-hydrogen) atoms. The lowest BCUT2D eigenvalue weighted by Gasteiger charge is -2.37. The first kappa shape index (κ1) is 18.7. The second kappa shape index (κ2) is 7.48. The van der Waals surface area contributed by atoms with Crippen molar-refractivity contribution < 1.29 is 23.8 Å². The Hall–Kier alpha value is -2.67. The van der Waals surface area contributed by atoms with Crippen molar-refractivity contribution in [2.24, 2.45) is 0 Å². The van der Waals surface area contributed by atoms with Crippen molar-refractivity contribution >= 4 is 22.8 Å². The summed E-state index contributed by atoms with van der Waals surface area (Å²) in [7, 11) is 1.25. The van der Waals surface area contributed by atoms with Crippen LogP contribution in [0.4, 0.5) is 0 Å². The molecular weight excluding hydrogens is 326 g/mol. The van der Waals surface area contributed by atoms with Gasteiger partial charge in [-0.15, -0.1) is 0 Å².